The van der Waals surface area contributed by atoms with Crippen LogP contribution in [0.3, 0.4) is 0 Å². The van der Waals surface area contributed by atoms with E-state index in [2.05, 4.69) is 40.8 Å². The summed E-state index contributed by atoms with van der Waals surface area (Å²) in [5.41, 5.74) is 0.817. The van der Waals surface area contributed by atoms with Crippen molar-refractivity contribution in [3.63, 3.8) is 0 Å². The smallest absolute Gasteiger partial charge is 0.152 e. The van der Waals surface area contributed by atoms with Crippen molar-refractivity contribution in [2.24, 2.45) is 5.92 Å². The van der Waals surface area contributed by atoms with Crippen molar-refractivity contribution >= 4 is 32.7 Å². The first-order valence-corrected chi connectivity index (χ1v) is 8.79. The molecule has 3 atom stereocenters. The SMILES string of the molecule is O[C@@H]1CC(Cn2ccnc2)C[C@H]1Nc1ncc(Br)c2cccnc12. The third kappa shape index (κ3) is 3.01. The summed E-state index contributed by atoms with van der Waals surface area (Å²) < 4.78 is 2.98. The van der Waals surface area contributed by atoms with Gasteiger partial charge in [0.15, 0.2) is 5.82 Å². The minimum atomic E-state index is -0.386. The molecule has 1 saturated carbocycles. The predicted octanol–water partition coefficient (Wildman–Crippen LogP) is 2.84. The molecule has 6 nitrogen and oxygen atoms in total. The minimum absolute atomic E-state index is 0.0163. The Hall–Kier alpha value is -1.99. The topological polar surface area (TPSA) is 75.9 Å². The number of pyridine rings is 2. The molecule has 3 heterocycles. The van der Waals surface area contributed by atoms with Crippen LogP contribution in [0.4, 0.5) is 5.82 Å². The van der Waals surface area contributed by atoms with Gasteiger partial charge in [0.1, 0.15) is 5.52 Å². The molecular weight excluding hydrogens is 370 g/mol. The number of aliphatic hydroxyl groups is 1. The second-order valence-corrected chi connectivity index (χ2v) is 7.12. The molecule has 2 N–H and O–H groups in total. The molecular formula is C17H18BrN5O. The summed E-state index contributed by atoms with van der Waals surface area (Å²) in [6, 6.07) is 3.90. The van der Waals surface area contributed by atoms with E-state index in [1.807, 2.05) is 24.7 Å². The molecule has 3 aromatic heterocycles. The van der Waals surface area contributed by atoms with E-state index in [0.29, 0.717) is 5.92 Å². The zero-order valence-electron chi connectivity index (χ0n) is 13.0. The highest BCUT2D eigenvalue weighted by molar-refractivity contribution is 9.10. The third-order valence-corrected chi connectivity index (χ3v) is 5.21. The number of nitrogens with one attached hydrogen (secondary N) is 1. The van der Waals surface area contributed by atoms with Crippen molar-refractivity contribution in [1.29, 1.82) is 0 Å². The predicted molar refractivity (Wildman–Crippen MR) is 95.6 cm³/mol. The molecule has 24 heavy (non-hydrogen) atoms. The van der Waals surface area contributed by atoms with Crippen LogP contribution >= 0.6 is 15.9 Å². The molecule has 124 valence electrons. The van der Waals surface area contributed by atoms with Crippen molar-refractivity contribution in [3.05, 3.63) is 47.7 Å². The maximum absolute atomic E-state index is 10.4. The largest absolute Gasteiger partial charge is 0.391 e. The standard InChI is InChI=1S/C17H18BrN5O/c18-13-8-21-17(16-12(13)2-1-3-20-16)22-14-6-11(7-15(14)24)9-23-5-4-19-10-23/h1-5,8,10-11,14-15,24H,6-7,9H2,(H,21,22)/t11?,14-,15-/m1/s1. The Balaban J connectivity index is 1.52. The Morgan fingerprint density at radius 1 is 1.29 bits per heavy atom. The summed E-state index contributed by atoms with van der Waals surface area (Å²) in [5.74, 6) is 1.14. The second-order valence-electron chi connectivity index (χ2n) is 6.27. The summed E-state index contributed by atoms with van der Waals surface area (Å²) in [6.07, 6.45) is 10.4. The molecule has 7 heteroatoms. The van der Waals surface area contributed by atoms with Gasteiger partial charge in [-0.25, -0.2) is 9.97 Å². The second kappa shape index (κ2) is 6.49. The first-order valence-electron chi connectivity index (χ1n) is 8.00. The highest BCUT2D eigenvalue weighted by Crippen LogP contribution is 2.32. The zero-order chi connectivity index (χ0) is 16.5. The molecule has 4 rings (SSSR count). The van der Waals surface area contributed by atoms with Crippen LogP contribution in [-0.2, 0) is 6.54 Å². The Labute approximate surface area is 148 Å². The van der Waals surface area contributed by atoms with E-state index in [1.54, 1.807) is 18.6 Å². The average molecular weight is 388 g/mol. The van der Waals surface area contributed by atoms with Gasteiger partial charge >= 0.3 is 0 Å². The highest BCUT2D eigenvalue weighted by Gasteiger charge is 2.33. The van der Waals surface area contributed by atoms with Gasteiger partial charge < -0.3 is 15.0 Å². The zero-order valence-corrected chi connectivity index (χ0v) is 14.6. The molecule has 1 fully saturated rings. The maximum atomic E-state index is 10.4. The molecule has 0 aromatic carbocycles. The van der Waals surface area contributed by atoms with Gasteiger partial charge in [0.2, 0.25) is 0 Å². The number of aliphatic hydroxyl groups excluding tert-OH is 1. The van der Waals surface area contributed by atoms with Gasteiger partial charge in [-0.3, -0.25) is 4.98 Å². The van der Waals surface area contributed by atoms with Crippen molar-refractivity contribution in [2.45, 2.75) is 31.5 Å². The molecule has 1 aliphatic rings. The van der Waals surface area contributed by atoms with Gasteiger partial charge in [0.05, 0.1) is 18.5 Å². The van der Waals surface area contributed by atoms with E-state index in [0.717, 1.165) is 40.6 Å². The Morgan fingerprint density at radius 2 is 2.21 bits per heavy atom. The number of aromatic nitrogens is 4. The van der Waals surface area contributed by atoms with Crippen molar-refractivity contribution < 1.29 is 5.11 Å². The third-order valence-electron chi connectivity index (χ3n) is 4.57. The lowest BCUT2D eigenvalue weighted by atomic mass is 10.1. The van der Waals surface area contributed by atoms with E-state index in [1.165, 1.54) is 0 Å². The lowest BCUT2D eigenvalue weighted by Crippen LogP contribution is -2.28. The van der Waals surface area contributed by atoms with E-state index >= 15 is 0 Å². The first-order chi connectivity index (χ1) is 11.7. The molecule has 0 aliphatic heterocycles. The number of rotatable bonds is 4. The number of hydrogen-bond donors (Lipinski definition) is 2. The fourth-order valence-electron chi connectivity index (χ4n) is 3.44. The molecule has 0 saturated heterocycles. The van der Waals surface area contributed by atoms with Crippen molar-refractivity contribution in [2.75, 3.05) is 5.32 Å². The summed E-state index contributed by atoms with van der Waals surface area (Å²) in [6.45, 7) is 0.877. The van der Waals surface area contributed by atoms with Crippen LogP contribution in [0, 0.1) is 5.92 Å². The summed E-state index contributed by atoms with van der Waals surface area (Å²) in [4.78, 5) is 13.0. The number of nitrogens with zero attached hydrogens (tertiary/aromatic N) is 4. The van der Waals surface area contributed by atoms with Gasteiger partial charge in [0.25, 0.3) is 0 Å². The van der Waals surface area contributed by atoms with E-state index in [-0.39, 0.29) is 12.1 Å². The normalized spacial score (nSPS) is 23.7. The molecule has 0 amide bonds. The van der Waals surface area contributed by atoms with Crippen LogP contribution in [0.25, 0.3) is 10.9 Å². The maximum Gasteiger partial charge on any atom is 0.152 e. The molecule has 0 bridgehead atoms. The quantitative estimate of drug-likeness (QED) is 0.719. The van der Waals surface area contributed by atoms with Crippen LogP contribution in [0.1, 0.15) is 12.8 Å². The molecule has 3 aromatic rings. The Kier molecular flexibility index (Phi) is 4.20. The van der Waals surface area contributed by atoms with Gasteiger partial charge in [-0.15, -0.1) is 0 Å². The molecule has 1 aliphatic carbocycles. The number of anilines is 1. The van der Waals surface area contributed by atoms with Gasteiger partial charge in [-0.1, -0.05) is 0 Å². The average Bonchev–Trinajstić information content (AvgIpc) is 3.21. The number of halogens is 1. The Bertz CT molecular complexity index is 838. The van der Waals surface area contributed by atoms with Crippen LogP contribution in [0.5, 0.6) is 0 Å². The van der Waals surface area contributed by atoms with Crippen LogP contribution < -0.4 is 5.32 Å². The van der Waals surface area contributed by atoms with Crippen LogP contribution in [-0.4, -0.2) is 36.8 Å². The number of hydrogen-bond acceptors (Lipinski definition) is 5. The summed E-state index contributed by atoms with van der Waals surface area (Å²) in [5, 5.41) is 14.8. The lowest BCUT2D eigenvalue weighted by molar-refractivity contribution is 0.166. The highest BCUT2D eigenvalue weighted by atomic mass is 79.9. The number of fused-ring (bicyclic) bond motifs is 1. The first kappa shape index (κ1) is 15.5. The van der Waals surface area contributed by atoms with Gasteiger partial charge in [0, 0.05) is 41.2 Å². The summed E-state index contributed by atoms with van der Waals surface area (Å²) in [7, 11) is 0. The number of imidazole rings is 1. The fraction of sp³-hybridized carbons (Fsp3) is 0.353. The van der Waals surface area contributed by atoms with Crippen molar-refractivity contribution in [1.82, 2.24) is 19.5 Å². The Morgan fingerprint density at radius 3 is 3.04 bits per heavy atom. The van der Waals surface area contributed by atoms with Crippen molar-refractivity contribution in [3.8, 4) is 0 Å². The lowest BCUT2D eigenvalue weighted by Gasteiger charge is -2.18. The fourth-order valence-corrected chi connectivity index (χ4v) is 3.86. The van der Waals surface area contributed by atoms with E-state index < -0.39 is 0 Å². The van der Waals surface area contributed by atoms with Gasteiger partial charge in [-0.2, -0.15) is 0 Å². The monoisotopic (exact) mass is 387 g/mol. The molecule has 0 radical (unpaired) electrons. The summed E-state index contributed by atoms with van der Waals surface area (Å²) >= 11 is 3.51. The minimum Gasteiger partial charge on any atom is -0.391 e. The molecule has 1 unspecified atom stereocenters. The molecule has 0 spiro atoms. The van der Waals surface area contributed by atoms with E-state index in [4.69, 9.17) is 0 Å². The van der Waals surface area contributed by atoms with Crippen LogP contribution in [0.15, 0.2) is 47.7 Å². The van der Waals surface area contributed by atoms with Crippen LogP contribution in [0.2, 0.25) is 0 Å². The van der Waals surface area contributed by atoms with E-state index in [9.17, 15) is 5.11 Å². The van der Waals surface area contributed by atoms with Gasteiger partial charge in [-0.05, 0) is 46.8 Å².